The van der Waals surface area contributed by atoms with E-state index in [1.807, 2.05) is 0 Å². The van der Waals surface area contributed by atoms with Gasteiger partial charge in [-0.1, -0.05) is 11.6 Å². The molecule has 0 amide bonds. The van der Waals surface area contributed by atoms with Crippen molar-refractivity contribution in [3.63, 3.8) is 0 Å². The van der Waals surface area contributed by atoms with Crippen molar-refractivity contribution in [2.75, 3.05) is 0 Å². The summed E-state index contributed by atoms with van der Waals surface area (Å²) in [5.74, 6) is 0. The third-order valence-electron chi connectivity index (χ3n) is 0.426. The molecule has 0 heterocycles. The average molecular weight is 182 g/mol. The van der Waals surface area contributed by atoms with Crippen LogP contribution in [0.3, 0.4) is 0 Å². The highest BCUT2D eigenvalue weighted by Gasteiger charge is 2.39. The van der Waals surface area contributed by atoms with E-state index in [0.29, 0.717) is 0 Å². The van der Waals surface area contributed by atoms with E-state index < -0.39 is 22.0 Å². The number of rotatable bonds is 1. The van der Waals surface area contributed by atoms with Crippen molar-refractivity contribution in [1.29, 1.82) is 0 Å². The van der Waals surface area contributed by atoms with E-state index in [1.54, 1.807) is 0 Å². The fourth-order valence-electron chi connectivity index (χ4n) is 0.109. The first kappa shape index (κ1) is 9.19. The zero-order valence-electron chi connectivity index (χ0n) is 3.81. The third-order valence-corrected chi connectivity index (χ3v) is 1.72. The first-order chi connectivity index (χ1) is 3.85. The first-order valence-electron chi connectivity index (χ1n) is 1.64. The summed E-state index contributed by atoms with van der Waals surface area (Å²) in [4.78, 5) is 0. The molecule has 0 bridgehead atoms. The van der Waals surface area contributed by atoms with Crippen molar-refractivity contribution in [1.82, 2.24) is 0 Å². The number of alkyl halides is 4. The van der Waals surface area contributed by atoms with Crippen LogP contribution in [0.15, 0.2) is 0 Å². The van der Waals surface area contributed by atoms with Crippen molar-refractivity contribution in [3.05, 3.63) is 0 Å². The molecule has 0 aromatic rings. The fourth-order valence-corrected chi connectivity index (χ4v) is 0.327. The smallest absolute Gasteiger partial charge is 0.415 e. The van der Waals surface area contributed by atoms with Crippen LogP contribution in [-0.2, 0) is 11.1 Å². The van der Waals surface area contributed by atoms with E-state index in [9.17, 15) is 21.9 Å². The Morgan fingerprint density at radius 3 is 1.89 bits per heavy atom. The predicted molar refractivity (Wildman–Crippen MR) is 24.6 cm³/mol. The van der Waals surface area contributed by atoms with Crippen LogP contribution in [0.5, 0.6) is 0 Å². The topological polar surface area (TPSA) is 40.1 Å². The fraction of sp³-hybridized carbons (Fsp3) is 1.00. The van der Waals surface area contributed by atoms with Gasteiger partial charge in [0, 0.05) is 0 Å². The second-order valence-corrected chi connectivity index (χ2v) is 2.81. The van der Waals surface area contributed by atoms with E-state index in [4.69, 9.17) is 0 Å². The monoisotopic (exact) mass is 181 g/mol. The predicted octanol–water partition coefficient (Wildman–Crippen LogP) is 0.993. The molecule has 0 aliphatic carbocycles. The maximum absolute atomic E-state index is 11.2. The van der Waals surface area contributed by atoms with Gasteiger partial charge < -0.3 is 4.55 Å². The van der Waals surface area contributed by atoms with E-state index in [0.717, 1.165) is 0 Å². The van der Waals surface area contributed by atoms with Crippen LogP contribution >= 0.6 is 11.6 Å². The summed E-state index contributed by atoms with van der Waals surface area (Å²) >= 11 is 1.06. The summed E-state index contributed by atoms with van der Waals surface area (Å²) in [6.45, 7) is 0. The van der Waals surface area contributed by atoms with Gasteiger partial charge >= 0.3 is 6.18 Å². The second kappa shape index (κ2) is 2.85. The van der Waals surface area contributed by atoms with Gasteiger partial charge in [-0.3, -0.25) is 4.21 Å². The number of hydrogen-bond acceptors (Lipinski definition) is 2. The molecule has 0 radical (unpaired) electrons. The zero-order chi connectivity index (χ0) is 7.65. The molecule has 0 fully saturated rings. The van der Waals surface area contributed by atoms with Gasteiger partial charge in [-0.25, -0.2) is 0 Å². The standard InChI is InChI=1S/C2H2ClF3O2S/c3-1(9(7)8)2(4,5)6/h1H,(H,7,8)/p-1/t1-/m0/s1. The molecule has 2 nitrogen and oxygen atoms in total. The molecule has 0 spiro atoms. The Hall–Kier alpha value is 0.190. The summed E-state index contributed by atoms with van der Waals surface area (Å²) < 4.78 is 49.7. The van der Waals surface area contributed by atoms with Crippen molar-refractivity contribution in [2.45, 2.75) is 10.9 Å². The SMILES string of the molecule is O=S([O-])[C@H](Cl)C(F)(F)F. The lowest BCUT2D eigenvalue weighted by molar-refractivity contribution is -0.115. The van der Waals surface area contributed by atoms with Crippen molar-refractivity contribution in [3.8, 4) is 0 Å². The van der Waals surface area contributed by atoms with Crippen LogP contribution in [0.25, 0.3) is 0 Å². The molecule has 0 N–H and O–H groups in total. The highest BCUT2D eigenvalue weighted by Crippen LogP contribution is 2.26. The van der Waals surface area contributed by atoms with E-state index in [1.165, 1.54) is 0 Å². The Balaban J connectivity index is 4.04. The molecule has 0 aliphatic rings. The molecule has 0 rings (SSSR count). The average Bonchev–Trinajstić information content (AvgIpc) is 1.62. The van der Waals surface area contributed by atoms with Gasteiger partial charge in [0.15, 0.2) is 4.71 Å². The summed E-state index contributed by atoms with van der Waals surface area (Å²) in [6.07, 6.45) is -4.87. The molecular weight excluding hydrogens is 181 g/mol. The lowest BCUT2D eigenvalue weighted by Crippen LogP contribution is -2.27. The molecule has 0 aromatic carbocycles. The van der Waals surface area contributed by atoms with Crippen LogP contribution in [0.4, 0.5) is 13.2 Å². The van der Waals surface area contributed by atoms with Gasteiger partial charge in [0.2, 0.25) is 0 Å². The quantitative estimate of drug-likeness (QED) is 0.447. The number of halogens is 4. The first-order valence-corrected chi connectivity index (χ1v) is 3.22. The molecule has 56 valence electrons. The minimum Gasteiger partial charge on any atom is -0.771 e. The Labute approximate surface area is 56.3 Å². The van der Waals surface area contributed by atoms with Crippen molar-refractivity contribution >= 4 is 22.7 Å². The van der Waals surface area contributed by atoms with Crippen LogP contribution in [0, 0.1) is 0 Å². The second-order valence-electron chi connectivity index (χ2n) is 1.12. The van der Waals surface area contributed by atoms with E-state index in [2.05, 4.69) is 11.6 Å². The van der Waals surface area contributed by atoms with Gasteiger partial charge in [0.1, 0.15) is 0 Å². The van der Waals surface area contributed by atoms with Gasteiger partial charge in [0.25, 0.3) is 0 Å². The maximum atomic E-state index is 11.2. The molecule has 0 aliphatic heterocycles. The van der Waals surface area contributed by atoms with Gasteiger partial charge in [0.05, 0.1) is 0 Å². The minimum atomic E-state index is -4.87. The van der Waals surface area contributed by atoms with Crippen molar-refractivity contribution in [2.24, 2.45) is 0 Å². The highest BCUT2D eigenvalue weighted by atomic mass is 35.5. The van der Waals surface area contributed by atoms with Gasteiger partial charge in [-0.05, 0) is 11.1 Å². The van der Waals surface area contributed by atoms with E-state index >= 15 is 0 Å². The Morgan fingerprint density at radius 2 is 1.89 bits per heavy atom. The summed E-state index contributed by atoms with van der Waals surface area (Å²) in [6, 6.07) is 0. The maximum Gasteiger partial charge on any atom is 0.415 e. The normalized spacial score (nSPS) is 19.2. The Bertz CT molecular complexity index is 123. The highest BCUT2D eigenvalue weighted by molar-refractivity contribution is 7.81. The lowest BCUT2D eigenvalue weighted by atomic mass is 10.8. The molecule has 1 unspecified atom stereocenters. The van der Waals surface area contributed by atoms with Crippen LogP contribution < -0.4 is 0 Å². The van der Waals surface area contributed by atoms with Crippen LogP contribution in [0.2, 0.25) is 0 Å². The van der Waals surface area contributed by atoms with Gasteiger partial charge in [-0.15, -0.1) is 0 Å². The van der Waals surface area contributed by atoms with Crippen LogP contribution in [0.1, 0.15) is 0 Å². The summed E-state index contributed by atoms with van der Waals surface area (Å²) in [7, 11) is 0. The van der Waals surface area contributed by atoms with Crippen LogP contribution in [-0.4, -0.2) is 19.6 Å². The Morgan fingerprint density at radius 1 is 1.56 bits per heavy atom. The summed E-state index contributed by atoms with van der Waals surface area (Å²) in [5, 5.41) is 0. The molecule has 0 saturated heterocycles. The largest absolute Gasteiger partial charge is 0.771 e. The van der Waals surface area contributed by atoms with Crippen molar-refractivity contribution < 1.29 is 21.9 Å². The lowest BCUT2D eigenvalue weighted by Gasteiger charge is -2.14. The molecule has 7 heteroatoms. The molecule has 2 atom stereocenters. The minimum absolute atomic E-state index is 2.79. The molecule has 9 heavy (non-hydrogen) atoms. The molecular formula is C2HClF3O2S-. The van der Waals surface area contributed by atoms with E-state index in [-0.39, 0.29) is 0 Å². The molecule has 0 saturated carbocycles. The number of hydrogen-bond donors (Lipinski definition) is 0. The Kier molecular flexibility index (Phi) is 2.91. The third kappa shape index (κ3) is 3.02. The zero-order valence-corrected chi connectivity index (χ0v) is 5.39. The molecule has 0 aromatic heterocycles. The summed E-state index contributed by atoms with van der Waals surface area (Å²) in [5.41, 5.74) is 0. The van der Waals surface area contributed by atoms with Gasteiger partial charge in [-0.2, -0.15) is 13.2 Å².